The number of nitrogens with one attached hydrogen (secondary N) is 2. The Morgan fingerprint density at radius 1 is 0.906 bits per heavy atom. The fourth-order valence-electron chi connectivity index (χ4n) is 2.95. The quantitative estimate of drug-likeness (QED) is 0.452. The monoisotopic (exact) mass is 446 g/mol. The van der Waals surface area contributed by atoms with Gasteiger partial charge in [-0.2, -0.15) is 4.80 Å². The highest BCUT2D eigenvalue weighted by molar-refractivity contribution is 6.34. The molecule has 0 atom stereocenters. The van der Waals surface area contributed by atoms with Gasteiger partial charge in [0.15, 0.2) is 0 Å². The zero-order valence-electron chi connectivity index (χ0n) is 16.9. The van der Waals surface area contributed by atoms with Crippen molar-refractivity contribution in [3.8, 4) is 11.4 Å². The van der Waals surface area contributed by atoms with E-state index in [-0.39, 0.29) is 18.4 Å². The molecule has 1 aromatic heterocycles. The Bertz CT molecular complexity index is 1220. The normalized spacial score (nSPS) is 10.5. The molecule has 0 aliphatic heterocycles. The van der Waals surface area contributed by atoms with E-state index in [9.17, 15) is 9.59 Å². The first-order valence-electron chi connectivity index (χ1n) is 9.83. The molecule has 4 aromatic rings. The Morgan fingerprint density at radius 3 is 2.38 bits per heavy atom. The van der Waals surface area contributed by atoms with Crippen LogP contribution in [-0.2, 0) is 17.9 Å². The van der Waals surface area contributed by atoms with Gasteiger partial charge in [-0.1, -0.05) is 54.1 Å². The molecule has 1 heterocycles. The lowest BCUT2D eigenvalue weighted by Crippen LogP contribution is -2.28. The molecule has 9 heteroatoms. The molecule has 0 spiro atoms. The molecule has 0 bridgehead atoms. The minimum atomic E-state index is -0.297. The average molecular weight is 447 g/mol. The highest BCUT2D eigenvalue weighted by Gasteiger charge is 2.12. The van der Waals surface area contributed by atoms with Crippen molar-refractivity contribution >= 4 is 29.1 Å². The summed E-state index contributed by atoms with van der Waals surface area (Å²) in [6.07, 6.45) is 0. The smallest absolute Gasteiger partial charge is 0.257 e. The van der Waals surface area contributed by atoms with E-state index in [0.717, 1.165) is 5.56 Å². The first-order valence-corrected chi connectivity index (χ1v) is 10.2. The SMILES string of the molecule is O=C(Cn1nnc(-c2ccc(NC(=O)c3ccccc3Cl)cc2)n1)NCc1ccccc1. The van der Waals surface area contributed by atoms with Crippen molar-refractivity contribution in [2.24, 2.45) is 0 Å². The fourth-order valence-corrected chi connectivity index (χ4v) is 3.17. The number of amides is 2. The van der Waals surface area contributed by atoms with Gasteiger partial charge in [-0.25, -0.2) is 0 Å². The van der Waals surface area contributed by atoms with Crippen molar-refractivity contribution in [1.82, 2.24) is 25.5 Å². The van der Waals surface area contributed by atoms with Gasteiger partial charge in [0.05, 0.1) is 10.6 Å². The molecule has 0 fully saturated rings. The van der Waals surface area contributed by atoms with Crippen molar-refractivity contribution < 1.29 is 9.59 Å². The van der Waals surface area contributed by atoms with Crippen LogP contribution in [0.15, 0.2) is 78.9 Å². The first kappa shape index (κ1) is 21.2. The molecule has 3 aromatic carbocycles. The Hall–Kier alpha value is -4.04. The van der Waals surface area contributed by atoms with Crippen LogP contribution in [0.2, 0.25) is 5.02 Å². The average Bonchev–Trinajstić information content (AvgIpc) is 3.27. The van der Waals surface area contributed by atoms with Crippen LogP contribution in [0.3, 0.4) is 0 Å². The van der Waals surface area contributed by atoms with Crippen molar-refractivity contribution in [2.45, 2.75) is 13.1 Å². The van der Waals surface area contributed by atoms with Crippen molar-refractivity contribution in [2.75, 3.05) is 5.32 Å². The van der Waals surface area contributed by atoms with Crippen molar-refractivity contribution in [3.05, 3.63) is 95.0 Å². The number of carbonyl (C=O) groups is 2. The lowest BCUT2D eigenvalue weighted by Gasteiger charge is -2.07. The van der Waals surface area contributed by atoms with E-state index in [1.165, 1.54) is 4.80 Å². The molecular formula is C23H19ClN6O2. The number of nitrogens with zero attached hydrogens (tertiary/aromatic N) is 4. The molecule has 160 valence electrons. The van der Waals surface area contributed by atoms with Crippen molar-refractivity contribution in [1.29, 1.82) is 0 Å². The highest BCUT2D eigenvalue weighted by Crippen LogP contribution is 2.20. The second kappa shape index (κ2) is 9.84. The number of rotatable bonds is 7. The van der Waals surface area contributed by atoms with Crippen LogP contribution in [-0.4, -0.2) is 32.0 Å². The first-order chi connectivity index (χ1) is 15.6. The number of tetrazole rings is 1. The Morgan fingerprint density at radius 2 is 1.62 bits per heavy atom. The zero-order chi connectivity index (χ0) is 22.3. The predicted octanol–water partition coefficient (Wildman–Crippen LogP) is 3.56. The molecule has 0 saturated heterocycles. The molecular weight excluding hydrogens is 428 g/mol. The molecule has 2 amide bonds. The standard InChI is InChI=1S/C23H19ClN6O2/c24-20-9-5-4-8-19(20)23(32)26-18-12-10-17(11-13-18)22-27-29-30(28-22)15-21(31)25-14-16-6-2-1-3-7-16/h1-13H,14-15H2,(H,25,31)(H,26,32). The fraction of sp³-hybridized carbons (Fsp3) is 0.0870. The van der Waals surface area contributed by atoms with Crippen LogP contribution >= 0.6 is 11.6 Å². The van der Waals surface area contributed by atoms with E-state index in [1.54, 1.807) is 48.5 Å². The number of hydrogen-bond acceptors (Lipinski definition) is 5. The largest absolute Gasteiger partial charge is 0.350 e. The van der Waals surface area contributed by atoms with Crippen LogP contribution in [0.1, 0.15) is 15.9 Å². The summed E-state index contributed by atoms with van der Waals surface area (Å²) in [5, 5.41) is 18.2. The predicted molar refractivity (Wildman–Crippen MR) is 121 cm³/mol. The molecule has 0 radical (unpaired) electrons. The molecule has 2 N–H and O–H groups in total. The summed E-state index contributed by atoms with van der Waals surface area (Å²) in [4.78, 5) is 25.7. The molecule has 4 rings (SSSR count). The Balaban J connectivity index is 1.34. The van der Waals surface area contributed by atoms with Crippen LogP contribution in [0.4, 0.5) is 5.69 Å². The van der Waals surface area contributed by atoms with Gasteiger partial charge >= 0.3 is 0 Å². The van der Waals surface area contributed by atoms with Crippen LogP contribution in [0.25, 0.3) is 11.4 Å². The molecule has 0 unspecified atom stereocenters. The minimum Gasteiger partial charge on any atom is -0.350 e. The lowest BCUT2D eigenvalue weighted by molar-refractivity contribution is -0.122. The van der Waals surface area contributed by atoms with Gasteiger partial charge in [0.1, 0.15) is 6.54 Å². The maximum absolute atomic E-state index is 12.4. The highest BCUT2D eigenvalue weighted by atomic mass is 35.5. The number of halogens is 1. The second-order valence-corrected chi connectivity index (χ2v) is 7.32. The van der Waals surface area contributed by atoms with Gasteiger partial charge in [-0.3, -0.25) is 9.59 Å². The van der Waals surface area contributed by atoms with Gasteiger partial charge in [0.25, 0.3) is 5.91 Å². The van der Waals surface area contributed by atoms with E-state index in [4.69, 9.17) is 11.6 Å². The molecule has 32 heavy (non-hydrogen) atoms. The summed E-state index contributed by atoms with van der Waals surface area (Å²) in [6, 6.07) is 23.5. The number of carbonyl (C=O) groups excluding carboxylic acids is 2. The molecule has 0 saturated carbocycles. The maximum atomic E-state index is 12.4. The van der Waals surface area contributed by atoms with E-state index < -0.39 is 0 Å². The van der Waals surface area contributed by atoms with E-state index >= 15 is 0 Å². The third-order valence-electron chi connectivity index (χ3n) is 4.59. The number of aromatic nitrogens is 4. The molecule has 8 nitrogen and oxygen atoms in total. The minimum absolute atomic E-state index is 0.0359. The zero-order valence-corrected chi connectivity index (χ0v) is 17.7. The van der Waals surface area contributed by atoms with E-state index in [2.05, 4.69) is 26.0 Å². The third kappa shape index (κ3) is 5.35. The summed E-state index contributed by atoms with van der Waals surface area (Å²) < 4.78 is 0. The topological polar surface area (TPSA) is 102 Å². The van der Waals surface area contributed by atoms with Crippen molar-refractivity contribution in [3.63, 3.8) is 0 Å². The summed E-state index contributed by atoms with van der Waals surface area (Å²) in [5.41, 5.74) is 2.71. The van der Waals surface area contributed by atoms with Crippen LogP contribution in [0, 0.1) is 0 Å². The van der Waals surface area contributed by atoms with Crippen LogP contribution < -0.4 is 10.6 Å². The molecule has 0 aliphatic rings. The summed E-state index contributed by atoms with van der Waals surface area (Å²) in [7, 11) is 0. The maximum Gasteiger partial charge on any atom is 0.257 e. The van der Waals surface area contributed by atoms with Crippen LogP contribution in [0.5, 0.6) is 0 Å². The second-order valence-electron chi connectivity index (χ2n) is 6.92. The number of anilines is 1. The third-order valence-corrected chi connectivity index (χ3v) is 4.92. The van der Waals surface area contributed by atoms with E-state index in [0.29, 0.717) is 34.2 Å². The number of benzene rings is 3. The summed E-state index contributed by atoms with van der Waals surface area (Å²) >= 11 is 6.06. The Kier molecular flexibility index (Phi) is 6.52. The number of hydrogen-bond donors (Lipinski definition) is 2. The van der Waals surface area contributed by atoms with Gasteiger partial charge in [-0.15, -0.1) is 10.2 Å². The van der Waals surface area contributed by atoms with E-state index in [1.807, 2.05) is 30.3 Å². The summed E-state index contributed by atoms with van der Waals surface area (Å²) in [6.45, 7) is 0.397. The Labute approximate surface area is 189 Å². The molecule has 0 aliphatic carbocycles. The van der Waals surface area contributed by atoms with Gasteiger partial charge in [0, 0.05) is 17.8 Å². The van der Waals surface area contributed by atoms with Gasteiger partial charge in [0.2, 0.25) is 11.7 Å². The van der Waals surface area contributed by atoms with Gasteiger partial charge < -0.3 is 10.6 Å². The summed E-state index contributed by atoms with van der Waals surface area (Å²) in [5.74, 6) is -0.130. The lowest BCUT2D eigenvalue weighted by atomic mass is 10.1. The van der Waals surface area contributed by atoms with Gasteiger partial charge in [-0.05, 0) is 47.2 Å².